The van der Waals surface area contributed by atoms with Gasteiger partial charge in [0.05, 0.1) is 12.7 Å². The van der Waals surface area contributed by atoms with Crippen LogP contribution in [-0.2, 0) is 23.4 Å². The number of para-hydroxylation sites is 1. The molecule has 0 spiro atoms. The molecule has 0 radical (unpaired) electrons. The van der Waals surface area contributed by atoms with Gasteiger partial charge in [-0.05, 0) is 32.9 Å². The third kappa shape index (κ3) is 6.65. The monoisotopic (exact) mass is 609 g/mol. The molecule has 1 aliphatic rings. The number of benzene rings is 1. The van der Waals surface area contributed by atoms with Gasteiger partial charge in [0.15, 0.2) is 10.0 Å². The lowest BCUT2D eigenvalue weighted by atomic mass is 10.2. The van der Waals surface area contributed by atoms with Gasteiger partial charge in [-0.15, -0.1) is 0 Å². The number of alkyl halides is 2. The van der Waals surface area contributed by atoms with E-state index >= 15 is 0 Å². The van der Waals surface area contributed by atoms with Crippen molar-refractivity contribution in [2.24, 2.45) is 0 Å². The average molecular weight is 611 g/mol. The van der Waals surface area contributed by atoms with Crippen molar-refractivity contribution in [3.8, 4) is 5.75 Å². The minimum atomic E-state index is -4.26. The van der Waals surface area contributed by atoms with E-state index in [0.29, 0.717) is 4.57 Å². The highest BCUT2D eigenvalue weighted by Crippen LogP contribution is 2.50. The predicted molar refractivity (Wildman–Crippen MR) is 133 cm³/mol. The number of aliphatic hydroxyl groups excluding tert-OH is 1. The Morgan fingerprint density at radius 1 is 1.31 bits per heavy atom. The maximum atomic E-state index is 13.6. The van der Waals surface area contributed by atoms with Crippen molar-refractivity contribution in [1.29, 1.82) is 0 Å². The number of aromatic nitrogens is 2. The molecule has 1 fully saturated rings. The number of H-pyrrole nitrogens is 1. The molecule has 3 N–H and O–H groups in total. The molecule has 2 aromatic rings. The Morgan fingerprint density at radius 2 is 1.97 bits per heavy atom. The first-order valence-corrected chi connectivity index (χ1v) is 13.5. The molecule has 1 aromatic heterocycles. The summed E-state index contributed by atoms with van der Waals surface area (Å²) in [5.41, 5.74) is -1.54. The van der Waals surface area contributed by atoms with Gasteiger partial charge in [-0.3, -0.25) is 14.1 Å². The molecule has 12 nitrogen and oxygen atoms in total. The van der Waals surface area contributed by atoms with Gasteiger partial charge in [0.2, 0.25) is 0 Å². The number of halogens is 2. The van der Waals surface area contributed by atoms with Gasteiger partial charge in [0, 0.05) is 12.3 Å². The highest BCUT2D eigenvalue weighted by molar-refractivity contribution is 9.10. The lowest BCUT2D eigenvalue weighted by Crippen LogP contribution is -2.44. The van der Waals surface area contributed by atoms with Crippen LogP contribution >= 0.6 is 35.3 Å². The van der Waals surface area contributed by atoms with E-state index in [1.54, 1.807) is 32.0 Å². The maximum Gasteiger partial charge on any atom is 0.459 e. The van der Waals surface area contributed by atoms with Crippen LogP contribution in [-0.4, -0.2) is 55.4 Å². The SMILES string of the molecule is CC(C)OC(=O)[C@H](C)N[P@](=O)(OC[C@H]1O[C@@H](n2c(=O)cc[nH]c2=O)[C@](Cl)(Br)[C@@H]1O)Oc1ccccc1. The number of nitrogens with zero attached hydrogens (tertiary/aromatic N) is 1. The molecule has 0 bridgehead atoms. The Kier molecular flexibility index (Phi) is 9.20. The highest BCUT2D eigenvalue weighted by atomic mass is 79.9. The first-order valence-electron chi connectivity index (χ1n) is 10.8. The first kappa shape index (κ1) is 28.6. The van der Waals surface area contributed by atoms with Crippen LogP contribution in [0.4, 0.5) is 0 Å². The molecule has 15 heteroatoms. The van der Waals surface area contributed by atoms with E-state index in [0.717, 1.165) is 12.3 Å². The molecule has 0 saturated carbocycles. The highest BCUT2D eigenvalue weighted by Gasteiger charge is 2.56. The Labute approximate surface area is 219 Å². The zero-order chi connectivity index (χ0) is 26.7. The fourth-order valence-electron chi connectivity index (χ4n) is 3.25. The zero-order valence-corrected chi connectivity index (χ0v) is 22.7. The fraction of sp³-hybridized carbons (Fsp3) is 0.476. The summed E-state index contributed by atoms with van der Waals surface area (Å²) in [6, 6.07) is 8.07. The van der Waals surface area contributed by atoms with Gasteiger partial charge in [-0.2, -0.15) is 5.09 Å². The Bertz CT molecular complexity index is 1190. The summed E-state index contributed by atoms with van der Waals surface area (Å²) < 4.78 is 34.4. The molecular weight excluding hydrogens is 585 g/mol. The average Bonchev–Trinajstić information content (AvgIpc) is 3.01. The van der Waals surface area contributed by atoms with E-state index in [1.165, 1.54) is 19.1 Å². The number of carbonyl (C=O) groups excluding carboxylic acids is 1. The van der Waals surface area contributed by atoms with Gasteiger partial charge in [0.25, 0.3) is 5.56 Å². The van der Waals surface area contributed by atoms with Gasteiger partial charge >= 0.3 is 19.4 Å². The first-order chi connectivity index (χ1) is 16.8. The second-order valence-electron chi connectivity index (χ2n) is 8.17. The topological polar surface area (TPSA) is 158 Å². The summed E-state index contributed by atoms with van der Waals surface area (Å²) in [7, 11) is -4.26. The summed E-state index contributed by atoms with van der Waals surface area (Å²) in [4.78, 5) is 39.1. The number of hydrogen-bond acceptors (Lipinski definition) is 9. The summed E-state index contributed by atoms with van der Waals surface area (Å²) >= 11 is 9.53. The second-order valence-corrected chi connectivity index (χ2v) is 12.3. The van der Waals surface area contributed by atoms with Crippen molar-refractivity contribution >= 4 is 41.2 Å². The molecule has 198 valence electrons. The molecule has 6 atom stereocenters. The van der Waals surface area contributed by atoms with Crippen molar-refractivity contribution < 1.29 is 33.0 Å². The smallest absolute Gasteiger partial charge is 0.459 e. The summed E-state index contributed by atoms with van der Waals surface area (Å²) in [6.45, 7) is 4.19. The molecule has 3 rings (SSSR count). The summed E-state index contributed by atoms with van der Waals surface area (Å²) in [5.74, 6) is -0.510. The molecule has 1 aromatic carbocycles. The van der Waals surface area contributed by atoms with Crippen LogP contribution < -0.4 is 20.9 Å². The van der Waals surface area contributed by atoms with Gasteiger partial charge in [-0.25, -0.2) is 13.9 Å². The van der Waals surface area contributed by atoms with Crippen LogP contribution in [0.25, 0.3) is 0 Å². The lowest BCUT2D eigenvalue weighted by molar-refractivity contribution is -0.149. The van der Waals surface area contributed by atoms with Crippen molar-refractivity contribution in [1.82, 2.24) is 14.6 Å². The zero-order valence-electron chi connectivity index (χ0n) is 19.5. The van der Waals surface area contributed by atoms with E-state index in [1.807, 2.05) is 0 Å². The van der Waals surface area contributed by atoms with E-state index in [9.17, 15) is 24.1 Å². The fourth-order valence-corrected chi connectivity index (χ4v) is 5.65. The minimum Gasteiger partial charge on any atom is -0.462 e. The molecule has 0 unspecified atom stereocenters. The van der Waals surface area contributed by atoms with Gasteiger partial charge < -0.3 is 24.1 Å². The van der Waals surface area contributed by atoms with E-state index in [4.69, 9.17) is 30.1 Å². The van der Waals surface area contributed by atoms with Crippen molar-refractivity contribution in [3.05, 3.63) is 63.4 Å². The Hall–Kier alpha value is -1.99. The third-order valence-corrected chi connectivity index (χ3v) is 7.85. The number of aliphatic hydroxyl groups is 1. The number of esters is 1. The van der Waals surface area contributed by atoms with Crippen LogP contribution in [0.2, 0.25) is 0 Å². The van der Waals surface area contributed by atoms with Crippen LogP contribution in [0.15, 0.2) is 52.2 Å². The quantitative estimate of drug-likeness (QED) is 0.207. The van der Waals surface area contributed by atoms with Crippen LogP contribution in [0.3, 0.4) is 0 Å². The van der Waals surface area contributed by atoms with Crippen molar-refractivity contribution in [2.75, 3.05) is 6.61 Å². The number of aromatic amines is 1. The Morgan fingerprint density at radius 3 is 2.58 bits per heavy atom. The van der Waals surface area contributed by atoms with Crippen molar-refractivity contribution in [3.63, 3.8) is 0 Å². The predicted octanol–water partition coefficient (Wildman–Crippen LogP) is 2.26. The molecule has 36 heavy (non-hydrogen) atoms. The molecular formula is C21H26BrClN3O9P. The third-order valence-electron chi connectivity index (χ3n) is 4.94. The number of carbonyl (C=O) groups is 1. The van der Waals surface area contributed by atoms with Crippen molar-refractivity contribution in [2.45, 2.75) is 55.1 Å². The molecule has 0 amide bonds. The summed E-state index contributed by atoms with van der Waals surface area (Å²) in [5, 5.41) is 13.3. The lowest BCUT2D eigenvalue weighted by Gasteiger charge is -2.25. The molecule has 1 aliphatic heterocycles. The molecule has 0 aliphatic carbocycles. The number of hydrogen-bond donors (Lipinski definition) is 3. The van der Waals surface area contributed by atoms with E-state index in [2.05, 4.69) is 26.0 Å². The van der Waals surface area contributed by atoms with Gasteiger partial charge in [0.1, 0.15) is 24.0 Å². The second kappa shape index (κ2) is 11.6. The standard InChI is InChI=1S/C21H26BrClN3O9P/c1-12(2)33-18(29)13(3)25-36(31,35-14-7-5-4-6-8-14)32-11-15-17(28)21(22,23)19(34-15)26-16(27)9-10-24-20(26)30/h4-10,12-13,15,17,19,28H,11H2,1-3H3,(H,24,30)(H,25,31)/t13-,15+,17+,19+,21-,36-/m0/s1. The number of nitrogens with one attached hydrogen (secondary N) is 2. The van der Waals surface area contributed by atoms with E-state index < -0.39 is 65.9 Å². The van der Waals surface area contributed by atoms with Gasteiger partial charge in [-0.1, -0.05) is 45.7 Å². The van der Waals surface area contributed by atoms with Crippen LogP contribution in [0, 0.1) is 0 Å². The minimum absolute atomic E-state index is 0.179. The molecule has 2 heterocycles. The number of rotatable bonds is 10. The number of ether oxygens (including phenoxy) is 2. The maximum absolute atomic E-state index is 13.6. The summed E-state index contributed by atoms with van der Waals surface area (Å²) in [6.07, 6.45) is -3.47. The van der Waals surface area contributed by atoms with E-state index in [-0.39, 0.29) is 5.75 Å². The van der Waals surface area contributed by atoms with Crippen LogP contribution in [0.5, 0.6) is 5.75 Å². The molecule has 1 saturated heterocycles. The normalized spacial score (nSPS) is 26.4. The van der Waals surface area contributed by atoms with Crippen LogP contribution in [0.1, 0.15) is 27.0 Å². The largest absolute Gasteiger partial charge is 0.462 e. The Balaban J connectivity index is 1.81.